The minimum absolute atomic E-state index is 0.0818. The lowest BCUT2D eigenvalue weighted by atomic mass is 9.95. The zero-order chi connectivity index (χ0) is 19.1. The van der Waals surface area contributed by atoms with E-state index in [1.54, 1.807) is 12.1 Å². The molecule has 0 spiro atoms. The van der Waals surface area contributed by atoms with Crippen molar-refractivity contribution in [3.8, 4) is 0 Å². The molecule has 1 atom stereocenters. The Balaban J connectivity index is 1.73. The second-order valence-corrected chi connectivity index (χ2v) is 7.21. The first-order chi connectivity index (χ1) is 13.2. The van der Waals surface area contributed by atoms with Gasteiger partial charge in [0.25, 0.3) is 5.91 Å². The van der Waals surface area contributed by atoms with Crippen molar-refractivity contribution in [1.82, 2.24) is 5.32 Å². The lowest BCUT2D eigenvalue weighted by Crippen LogP contribution is -2.36. The number of hydrogen-bond donors (Lipinski definition) is 2. The van der Waals surface area contributed by atoms with Crippen LogP contribution in [-0.2, 0) is 4.79 Å². The quantitative estimate of drug-likeness (QED) is 0.767. The molecular weight excluding hydrogens is 336 g/mol. The Morgan fingerprint density at radius 2 is 1.63 bits per heavy atom. The van der Waals surface area contributed by atoms with E-state index in [0.717, 1.165) is 18.4 Å². The van der Waals surface area contributed by atoms with E-state index in [4.69, 9.17) is 0 Å². The third kappa shape index (κ3) is 4.97. The summed E-state index contributed by atoms with van der Waals surface area (Å²) >= 11 is 0. The molecule has 2 aromatic rings. The van der Waals surface area contributed by atoms with Crippen LogP contribution < -0.4 is 10.6 Å². The molecule has 0 radical (unpaired) electrons. The van der Waals surface area contributed by atoms with E-state index in [1.165, 1.54) is 19.3 Å². The number of nitrogens with one attached hydrogen (secondary N) is 2. The Bertz CT molecular complexity index is 767. The highest BCUT2D eigenvalue weighted by atomic mass is 16.2. The molecule has 0 heterocycles. The van der Waals surface area contributed by atoms with Crippen LogP contribution >= 0.6 is 0 Å². The standard InChI is InChI=1S/C23H28N2O2/c1-2-19(17-11-5-3-6-12-17)22(26)25-21-16-10-9-15-20(21)23(27)24-18-13-7-4-8-14-18/h3,5-6,9-12,15-16,18-19H,2,4,7-8,13-14H2,1H3,(H,24,27)(H,25,26). The van der Waals surface area contributed by atoms with E-state index in [1.807, 2.05) is 49.4 Å². The number of carbonyl (C=O) groups is 2. The van der Waals surface area contributed by atoms with Crippen LogP contribution in [-0.4, -0.2) is 17.9 Å². The molecule has 2 N–H and O–H groups in total. The van der Waals surface area contributed by atoms with E-state index in [9.17, 15) is 9.59 Å². The van der Waals surface area contributed by atoms with Crippen LogP contribution in [0.4, 0.5) is 5.69 Å². The molecule has 142 valence electrons. The smallest absolute Gasteiger partial charge is 0.253 e. The molecule has 2 aromatic carbocycles. The molecule has 0 saturated heterocycles. The fourth-order valence-corrected chi connectivity index (χ4v) is 3.78. The molecular formula is C23H28N2O2. The predicted molar refractivity (Wildman–Crippen MR) is 109 cm³/mol. The zero-order valence-corrected chi connectivity index (χ0v) is 15.9. The largest absolute Gasteiger partial charge is 0.349 e. The van der Waals surface area contributed by atoms with Crippen LogP contribution in [0.3, 0.4) is 0 Å². The van der Waals surface area contributed by atoms with Crippen molar-refractivity contribution < 1.29 is 9.59 Å². The topological polar surface area (TPSA) is 58.2 Å². The number of rotatable bonds is 6. The van der Waals surface area contributed by atoms with Gasteiger partial charge in [0.05, 0.1) is 17.2 Å². The Kier molecular flexibility index (Phi) is 6.64. The molecule has 27 heavy (non-hydrogen) atoms. The number of benzene rings is 2. The highest BCUT2D eigenvalue weighted by Crippen LogP contribution is 2.24. The maximum atomic E-state index is 12.9. The van der Waals surface area contributed by atoms with Gasteiger partial charge in [0, 0.05) is 6.04 Å². The summed E-state index contributed by atoms with van der Waals surface area (Å²) in [7, 11) is 0. The van der Waals surface area contributed by atoms with E-state index in [0.29, 0.717) is 17.7 Å². The van der Waals surface area contributed by atoms with E-state index < -0.39 is 0 Å². The first kappa shape index (κ1) is 19.2. The number of carbonyl (C=O) groups excluding carboxylic acids is 2. The Morgan fingerprint density at radius 3 is 2.33 bits per heavy atom. The Hall–Kier alpha value is -2.62. The van der Waals surface area contributed by atoms with Gasteiger partial charge >= 0.3 is 0 Å². The van der Waals surface area contributed by atoms with Crippen LogP contribution in [0.5, 0.6) is 0 Å². The van der Waals surface area contributed by atoms with Crippen LogP contribution in [0.15, 0.2) is 54.6 Å². The third-order valence-electron chi connectivity index (χ3n) is 5.30. The second kappa shape index (κ2) is 9.36. The van der Waals surface area contributed by atoms with Gasteiger partial charge in [-0.3, -0.25) is 9.59 Å². The van der Waals surface area contributed by atoms with Crippen LogP contribution in [0.25, 0.3) is 0 Å². The Labute approximate surface area is 161 Å². The monoisotopic (exact) mass is 364 g/mol. The molecule has 4 nitrogen and oxygen atoms in total. The Morgan fingerprint density at radius 1 is 0.963 bits per heavy atom. The fraction of sp³-hybridized carbons (Fsp3) is 0.391. The summed E-state index contributed by atoms with van der Waals surface area (Å²) in [6.07, 6.45) is 6.35. The number of hydrogen-bond acceptors (Lipinski definition) is 2. The van der Waals surface area contributed by atoms with Crippen molar-refractivity contribution in [2.75, 3.05) is 5.32 Å². The van der Waals surface area contributed by atoms with Gasteiger partial charge in [-0.1, -0.05) is 68.7 Å². The van der Waals surface area contributed by atoms with Gasteiger partial charge in [-0.15, -0.1) is 0 Å². The molecule has 1 aliphatic rings. The van der Waals surface area contributed by atoms with Gasteiger partial charge in [0.1, 0.15) is 0 Å². The molecule has 0 bridgehead atoms. The molecule has 2 amide bonds. The summed E-state index contributed by atoms with van der Waals surface area (Å²) < 4.78 is 0. The molecule has 1 aliphatic carbocycles. The van der Waals surface area contributed by atoms with Crippen molar-refractivity contribution in [1.29, 1.82) is 0 Å². The number of amides is 2. The van der Waals surface area contributed by atoms with Gasteiger partial charge in [-0.25, -0.2) is 0 Å². The lowest BCUT2D eigenvalue weighted by molar-refractivity contribution is -0.117. The summed E-state index contributed by atoms with van der Waals surface area (Å²) in [6.45, 7) is 2.00. The minimum atomic E-state index is -0.235. The summed E-state index contributed by atoms with van der Waals surface area (Å²) in [5.74, 6) is -0.423. The average molecular weight is 364 g/mol. The normalized spacial score (nSPS) is 15.7. The van der Waals surface area contributed by atoms with E-state index in [2.05, 4.69) is 10.6 Å². The molecule has 0 aromatic heterocycles. The maximum absolute atomic E-state index is 12.9. The molecule has 0 aliphatic heterocycles. The maximum Gasteiger partial charge on any atom is 0.253 e. The molecule has 1 fully saturated rings. The van der Waals surface area contributed by atoms with E-state index in [-0.39, 0.29) is 23.8 Å². The average Bonchev–Trinajstić information content (AvgIpc) is 2.70. The first-order valence-electron chi connectivity index (χ1n) is 9.94. The predicted octanol–water partition coefficient (Wildman–Crippen LogP) is 4.88. The lowest BCUT2D eigenvalue weighted by Gasteiger charge is -2.23. The number of para-hydroxylation sites is 1. The van der Waals surface area contributed by atoms with E-state index >= 15 is 0 Å². The van der Waals surface area contributed by atoms with Crippen molar-refractivity contribution in [2.45, 2.75) is 57.4 Å². The third-order valence-corrected chi connectivity index (χ3v) is 5.30. The van der Waals surface area contributed by atoms with Crippen LogP contribution in [0.2, 0.25) is 0 Å². The number of anilines is 1. The minimum Gasteiger partial charge on any atom is -0.349 e. The van der Waals surface area contributed by atoms with Gasteiger partial charge in [-0.2, -0.15) is 0 Å². The SMILES string of the molecule is CCC(C(=O)Nc1ccccc1C(=O)NC1CCCCC1)c1ccccc1. The highest BCUT2D eigenvalue weighted by Gasteiger charge is 2.22. The van der Waals surface area contributed by atoms with Crippen LogP contribution in [0, 0.1) is 0 Å². The summed E-state index contributed by atoms with van der Waals surface area (Å²) in [6, 6.07) is 17.2. The zero-order valence-electron chi connectivity index (χ0n) is 15.9. The summed E-state index contributed by atoms with van der Waals surface area (Å²) in [4.78, 5) is 25.6. The van der Waals surface area contributed by atoms with Crippen molar-refractivity contribution in [3.05, 3.63) is 65.7 Å². The first-order valence-corrected chi connectivity index (χ1v) is 9.94. The highest BCUT2D eigenvalue weighted by molar-refractivity contribution is 6.05. The summed E-state index contributed by atoms with van der Waals surface area (Å²) in [5.41, 5.74) is 2.09. The molecule has 4 heteroatoms. The molecule has 1 unspecified atom stereocenters. The van der Waals surface area contributed by atoms with Crippen molar-refractivity contribution >= 4 is 17.5 Å². The van der Waals surface area contributed by atoms with Gasteiger partial charge in [-0.05, 0) is 37.0 Å². The van der Waals surface area contributed by atoms with Crippen molar-refractivity contribution in [2.24, 2.45) is 0 Å². The van der Waals surface area contributed by atoms with Crippen molar-refractivity contribution in [3.63, 3.8) is 0 Å². The molecule has 1 saturated carbocycles. The summed E-state index contributed by atoms with van der Waals surface area (Å²) in [5, 5.41) is 6.11. The van der Waals surface area contributed by atoms with Gasteiger partial charge in [0.2, 0.25) is 5.91 Å². The molecule has 3 rings (SSSR count). The fourth-order valence-electron chi connectivity index (χ4n) is 3.78. The van der Waals surface area contributed by atoms with Gasteiger partial charge < -0.3 is 10.6 Å². The second-order valence-electron chi connectivity index (χ2n) is 7.21. The van der Waals surface area contributed by atoms with Gasteiger partial charge in [0.15, 0.2) is 0 Å². The van der Waals surface area contributed by atoms with Crippen LogP contribution in [0.1, 0.15) is 67.3 Å².